The number of aliphatic hydroxyl groups is 3. The second kappa shape index (κ2) is 5.01. The fraction of sp³-hybridized carbons (Fsp3) is 1.00. The summed E-state index contributed by atoms with van der Waals surface area (Å²) in [5, 5.41) is 28.0. The van der Waals surface area contributed by atoms with Gasteiger partial charge in [-0.25, -0.2) is 0 Å². The van der Waals surface area contributed by atoms with E-state index in [9.17, 15) is 10.2 Å². The Kier molecular flexibility index (Phi) is 4.24. The van der Waals surface area contributed by atoms with E-state index in [0.717, 1.165) is 0 Å². The maximum absolute atomic E-state index is 9.59. The molecule has 2 unspecified atom stereocenters. The monoisotopic (exact) mass is 208 g/mol. The minimum absolute atomic E-state index is 0.303. The average Bonchev–Trinajstić information content (AvgIpc) is 2.21. The summed E-state index contributed by atoms with van der Waals surface area (Å²) in [6.07, 6.45) is -4.68. The van der Waals surface area contributed by atoms with Gasteiger partial charge in [0, 0.05) is 14.2 Å². The largest absolute Gasteiger partial charge is 0.394 e. The van der Waals surface area contributed by atoms with Crippen LogP contribution in [0.4, 0.5) is 0 Å². The summed E-state index contributed by atoms with van der Waals surface area (Å²) >= 11 is 0. The van der Waals surface area contributed by atoms with Crippen molar-refractivity contribution in [3.63, 3.8) is 0 Å². The Morgan fingerprint density at radius 1 is 1.14 bits per heavy atom. The van der Waals surface area contributed by atoms with Crippen molar-refractivity contribution in [3.8, 4) is 0 Å². The van der Waals surface area contributed by atoms with Gasteiger partial charge in [-0.2, -0.15) is 0 Å². The topological polar surface area (TPSA) is 88.4 Å². The molecule has 5 atom stereocenters. The molecule has 0 bridgehead atoms. The Morgan fingerprint density at radius 2 is 1.79 bits per heavy atom. The quantitative estimate of drug-likeness (QED) is 0.501. The summed E-state index contributed by atoms with van der Waals surface area (Å²) in [4.78, 5) is 0. The first-order chi connectivity index (χ1) is 6.65. The molecule has 1 aliphatic heterocycles. The summed E-state index contributed by atoms with van der Waals surface area (Å²) in [7, 11) is 2.72. The molecule has 6 nitrogen and oxygen atoms in total. The molecule has 1 saturated heterocycles. The van der Waals surface area contributed by atoms with Gasteiger partial charge in [0.1, 0.15) is 24.4 Å². The van der Waals surface area contributed by atoms with Crippen molar-refractivity contribution in [1.29, 1.82) is 0 Å². The van der Waals surface area contributed by atoms with E-state index in [2.05, 4.69) is 0 Å². The summed E-state index contributed by atoms with van der Waals surface area (Å²) in [6, 6.07) is 0. The molecule has 0 spiro atoms. The lowest BCUT2D eigenvalue weighted by Crippen LogP contribution is -2.59. The van der Waals surface area contributed by atoms with Gasteiger partial charge in [0.2, 0.25) is 0 Å². The number of hydrogen-bond acceptors (Lipinski definition) is 6. The molecule has 1 fully saturated rings. The highest BCUT2D eigenvalue weighted by atomic mass is 16.7. The van der Waals surface area contributed by atoms with Gasteiger partial charge in [-0.05, 0) is 0 Å². The summed E-state index contributed by atoms with van der Waals surface area (Å²) < 4.78 is 14.9. The molecule has 3 N–H and O–H groups in total. The SMILES string of the molecule is CO[C@H]1OC(CO)[C@H](OC)[C@@H](O)C1O. The first-order valence-corrected chi connectivity index (χ1v) is 4.33. The Labute approximate surface area is 82.0 Å². The summed E-state index contributed by atoms with van der Waals surface area (Å²) in [5.74, 6) is 0. The summed E-state index contributed by atoms with van der Waals surface area (Å²) in [6.45, 7) is -0.303. The highest BCUT2D eigenvalue weighted by molar-refractivity contribution is 4.89. The number of rotatable bonds is 3. The number of hydrogen-bond donors (Lipinski definition) is 3. The summed E-state index contributed by atoms with van der Waals surface area (Å²) in [5.41, 5.74) is 0. The highest BCUT2D eigenvalue weighted by Gasteiger charge is 2.44. The lowest BCUT2D eigenvalue weighted by atomic mass is 9.99. The Bertz CT molecular complexity index is 173. The normalized spacial score (nSPS) is 43.9. The van der Waals surface area contributed by atoms with Crippen LogP contribution >= 0.6 is 0 Å². The van der Waals surface area contributed by atoms with E-state index in [1.54, 1.807) is 0 Å². The average molecular weight is 208 g/mol. The van der Waals surface area contributed by atoms with E-state index >= 15 is 0 Å². The van der Waals surface area contributed by atoms with E-state index in [-0.39, 0.29) is 6.61 Å². The molecular formula is C8H16O6. The molecule has 1 aliphatic rings. The molecule has 0 aromatic heterocycles. The van der Waals surface area contributed by atoms with Crippen LogP contribution in [0.5, 0.6) is 0 Å². The second-order valence-electron chi connectivity index (χ2n) is 3.14. The van der Waals surface area contributed by atoms with Gasteiger partial charge < -0.3 is 29.5 Å². The third-order valence-corrected chi connectivity index (χ3v) is 2.33. The minimum Gasteiger partial charge on any atom is -0.394 e. The standard InChI is InChI=1S/C8H16O6/c1-12-7-4(3-9)14-8(13-2)6(11)5(7)10/h4-11H,3H2,1-2H3/t4?,5-,6?,7-,8-/m0/s1. The molecule has 0 radical (unpaired) electrons. The highest BCUT2D eigenvalue weighted by Crippen LogP contribution is 2.23. The molecule has 1 rings (SSSR count). The first kappa shape index (κ1) is 11.8. The van der Waals surface area contributed by atoms with Crippen molar-refractivity contribution in [3.05, 3.63) is 0 Å². The number of methoxy groups -OCH3 is 2. The lowest BCUT2D eigenvalue weighted by molar-refractivity contribution is -0.298. The van der Waals surface area contributed by atoms with Crippen LogP contribution in [-0.2, 0) is 14.2 Å². The molecule has 0 aromatic rings. The first-order valence-electron chi connectivity index (χ1n) is 4.33. The van der Waals surface area contributed by atoms with Crippen molar-refractivity contribution in [2.24, 2.45) is 0 Å². The Morgan fingerprint density at radius 3 is 2.21 bits per heavy atom. The number of ether oxygens (including phenoxy) is 3. The van der Waals surface area contributed by atoms with Crippen molar-refractivity contribution >= 4 is 0 Å². The molecule has 14 heavy (non-hydrogen) atoms. The lowest BCUT2D eigenvalue weighted by Gasteiger charge is -2.40. The van der Waals surface area contributed by atoms with E-state index in [0.29, 0.717) is 0 Å². The van der Waals surface area contributed by atoms with Gasteiger partial charge in [0.15, 0.2) is 6.29 Å². The molecule has 1 heterocycles. The van der Waals surface area contributed by atoms with Gasteiger partial charge in [0.25, 0.3) is 0 Å². The zero-order chi connectivity index (χ0) is 10.7. The molecule has 84 valence electrons. The van der Waals surface area contributed by atoms with Crippen LogP contribution in [0.2, 0.25) is 0 Å². The van der Waals surface area contributed by atoms with E-state index in [4.69, 9.17) is 19.3 Å². The van der Waals surface area contributed by atoms with Crippen molar-refractivity contribution < 1.29 is 29.5 Å². The third kappa shape index (κ3) is 2.05. The molecule has 0 aliphatic carbocycles. The van der Waals surface area contributed by atoms with E-state index < -0.39 is 30.7 Å². The molecular weight excluding hydrogens is 192 g/mol. The molecule has 0 aromatic carbocycles. The number of aliphatic hydroxyl groups excluding tert-OH is 3. The van der Waals surface area contributed by atoms with Crippen molar-refractivity contribution in [2.45, 2.75) is 30.7 Å². The van der Waals surface area contributed by atoms with Gasteiger partial charge in [-0.1, -0.05) is 0 Å². The predicted molar refractivity (Wildman–Crippen MR) is 45.6 cm³/mol. The Hall–Kier alpha value is -0.240. The predicted octanol–water partition coefficient (Wildman–Crippen LogP) is -1.91. The van der Waals surface area contributed by atoms with Crippen LogP contribution in [0.3, 0.4) is 0 Å². The maximum Gasteiger partial charge on any atom is 0.186 e. The minimum atomic E-state index is -1.17. The third-order valence-electron chi connectivity index (χ3n) is 2.33. The van der Waals surface area contributed by atoms with Crippen molar-refractivity contribution in [2.75, 3.05) is 20.8 Å². The molecule has 0 amide bonds. The molecule has 6 heteroatoms. The fourth-order valence-corrected chi connectivity index (χ4v) is 1.54. The van der Waals surface area contributed by atoms with Crippen molar-refractivity contribution in [1.82, 2.24) is 0 Å². The van der Waals surface area contributed by atoms with Gasteiger partial charge in [0.05, 0.1) is 6.61 Å². The van der Waals surface area contributed by atoms with Crippen LogP contribution in [-0.4, -0.2) is 66.9 Å². The smallest absolute Gasteiger partial charge is 0.186 e. The van der Waals surface area contributed by atoms with Crippen LogP contribution in [0, 0.1) is 0 Å². The fourth-order valence-electron chi connectivity index (χ4n) is 1.54. The van der Waals surface area contributed by atoms with Gasteiger partial charge in [-0.3, -0.25) is 0 Å². The van der Waals surface area contributed by atoms with Gasteiger partial charge >= 0.3 is 0 Å². The van der Waals surface area contributed by atoms with Crippen LogP contribution in [0.25, 0.3) is 0 Å². The Balaban J connectivity index is 2.71. The van der Waals surface area contributed by atoms with E-state index in [1.165, 1.54) is 14.2 Å². The van der Waals surface area contributed by atoms with Crippen LogP contribution in [0.1, 0.15) is 0 Å². The zero-order valence-electron chi connectivity index (χ0n) is 8.16. The maximum atomic E-state index is 9.59. The zero-order valence-corrected chi connectivity index (χ0v) is 8.16. The second-order valence-corrected chi connectivity index (χ2v) is 3.14. The van der Waals surface area contributed by atoms with Crippen LogP contribution in [0.15, 0.2) is 0 Å². The van der Waals surface area contributed by atoms with E-state index in [1.807, 2.05) is 0 Å². The van der Waals surface area contributed by atoms with Crippen LogP contribution < -0.4 is 0 Å². The molecule has 0 saturated carbocycles. The van der Waals surface area contributed by atoms with Gasteiger partial charge in [-0.15, -0.1) is 0 Å².